The molecule has 170 valence electrons. The maximum atomic E-state index is 13.1. The fourth-order valence-corrected chi connectivity index (χ4v) is 4.73. The van der Waals surface area contributed by atoms with E-state index in [1.807, 2.05) is 35.2 Å². The maximum absolute atomic E-state index is 13.1. The highest BCUT2D eigenvalue weighted by atomic mass is 16.5. The maximum Gasteiger partial charge on any atom is 0.338 e. The number of nitrogens with one attached hydrogen (secondary N) is 1. The Labute approximate surface area is 188 Å². The number of urea groups is 1. The van der Waals surface area contributed by atoms with Crippen LogP contribution in [0.4, 0.5) is 4.79 Å². The monoisotopic (exact) mass is 438 g/mol. The molecule has 1 aromatic rings. The minimum absolute atomic E-state index is 0.124. The van der Waals surface area contributed by atoms with Gasteiger partial charge in [-0.25, -0.2) is 9.59 Å². The van der Waals surface area contributed by atoms with Gasteiger partial charge in [0.15, 0.2) is 0 Å². The van der Waals surface area contributed by atoms with E-state index < -0.39 is 12.0 Å². The van der Waals surface area contributed by atoms with Crippen molar-refractivity contribution >= 4 is 17.9 Å². The van der Waals surface area contributed by atoms with E-state index in [1.165, 1.54) is 7.11 Å². The molecule has 0 aromatic heterocycles. The van der Waals surface area contributed by atoms with Crippen LogP contribution in [0.2, 0.25) is 0 Å². The van der Waals surface area contributed by atoms with Crippen LogP contribution < -0.4 is 5.32 Å². The highest BCUT2D eigenvalue weighted by Gasteiger charge is 2.44. The lowest BCUT2D eigenvalue weighted by Crippen LogP contribution is -2.54. The van der Waals surface area contributed by atoms with Crippen molar-refractivity contribution in [2.24, 2.45) is 5.92 Å². The number of carbonyl (C=O) groups is 3. The summed E-state index contributed by atoms with van der Waals surface area (Å²) in [4.78, 5) is 44.5. The first-order valence-electron chi connectivity index (χ1n) is 11.5. The number of amides is 3. The lowest BCUT2D eigenvalue weighted by atomic mass is 9.94. The minimum Gasteiger partial charge on any atom is -0.466 e. The van der Waals surface area contributed by atoms with Crippen LogP contribution in [-0.2, 0) is 14.3 Å². The Morgan fingerprint density at radius 3 is 2.31 bits per heavy atom. The van der Waals surface area contributed by atoms with Gasteiger partial charge in [-0.2, -0.15) is 0 Å². The van der Waals surface area contributed by atoms with Crippen molar-refractivity contribution in [3.63, 3.8) is 0 Å². The summed E-state index contributed by atoms with van der Waals surface area (Å²) in [6.45, 7) is 3.32. The van der Waals surface area contributed by atoms with E-state index in [-0.39, 0.29) is 23.9 Å². The predicted octanol–water partition coefficient (Wildman–Crippen LogP) is 1.90. The second kappa shape index (κ2) is 8.58. The molecule has 1 aromatic carbocycles. The second-order valence-corrected chi connectivity index (χ2v) is 9.12. The van der Waals surface area contributed by atoms with Crippen LogP contribution in [0.5, 0.6) is 0 Å². The Balaban J connectivity index is 1.43. The summed E-state index contributed by atoms with van der Waals surface area (Å²) in [7, 11) is 1.38. The molecule has 1 unspecified atom stereocenters. The highest BCUT2D eigenvalue weighted by Crippen LogP contribution is 2.38. The molecule has 2 aliphatic heterocycles. The lowest BCUT2D eigenvalue weighted by molar-refractivity contribution is -0.136. The van der Waals surface area contributed by atoms with Gasteiger partial charge in [0.2, 0.25) is 5.91 Å². The number of esters is 1. The van der Waals surface area contributed by atoms with E-state index in [4.69, 9.17) is 4.74 Å². The molecule has 2 saturated carbocycles. The van der Waals surface area contributed by atoms with Crippen LogP contribution in [0, 0.1) is 5.92 Å². The van der Waals surface area contributed by atoms with Gasteiger partial charge in [0.25, 0.3) is 0 Å². The standard InChI is InChI=1S/C24H30N4O4/c1-32-23(30)20-19(15-26-11-13-27(14-12-26)22(29)17-7-8-17)28(18-9-10-18)24(31)25-21(20)16-5-3-2-4-6-16/h2-6,17-18,21H,7-15H2,1H3,(H,25,31). The summed E-state index contributed by atoms with van der Waals surface area (Å²) in [5.41, 5.74) is 2.09. The fourth-order valence-electron chi connectivity index (χ4n) is 4.73. The van der Waals surface area contributed by atoms with Gasteiger partial charge in [-0.05, 0) is 31.2 Å². The lowest BCUT2D eigenvalue weighted by Gasteiger charge is -2.41. The molecule has 1 N–H and O–H groups in total. The number of piperazine rings is 1. The molecular formula is C24H30N4O4. The summed E-state index contributed by atoms with van der Waals surface area (Å²) in [6.07, 6.45) is 3.90. The number of benzene rings is 1. The summed E-state index contributed by atoms with van der Waals surface area (Å²) in [5, 5.41) is 3.03. The molecule has 3 fully saturated rings. The Bertz CT molecular complexity index is 931. The van der Waals surface area contributed by atoms with Crippen molar-refractivity contribution in [2.75, 3.05) is 39.8 Å². The zero-order valence-electron chi connectivity index (χ0n) is 18.5. The van der Waals surface area contributed by atoms with E-state index >= 15 is 0 Å². The molecule has 2 aliphatic carbocycles. The quantitative estimate of drug-likeness (QED) is 0.686. The number of ether oxygens (including phenoxy) is 1. The average Bonchev–Trinajstić information content (AvgIpc) is 3.72. The number of methoxy groups -OCH3 is 1. The van der Waals surface area contributed by atoms with Gasteiger partial charge in [-0.15, -0.1) is 0 Å². The average molecular weight is 439 g/mol. The van der Waals surface area contributed by atoms with Gasteiger partial charge in [0.1, 0.15) is 0 Å². The number of hydrogen-bond acceptors (Lipinski definition) is 5. The molecule has 0 spiro atoms. The Hall–Kier alpha value is -2.87. The van der Waals surface area contributed by atoms with Crippen molar-refractivity contribution in [1.29, 1.82) is 0 Å². The van der Waals surface area contributed by atoms with Crippen LogP contribution in [0.15, 0.2) is 41.6 Å². The largest absolute Gasteiger partial charge is 0.466 e. The topological polar surface area (TPSA) is 82.2 Å². The molecule has 4 aliphatic rings. The van der Waals surface area contributed by atoms with Gasteiger partial charge < -0.3 is 15.0 Å². The molecule has 1 saturated heterocycles. The van der Waals surface area contributed by atoms with E-state index in [0.717, 1.165) is 50.0 Å². The first-order valence-corrected chi connectivity index (χ1v) is 11.5. The molecule has 1 atom stereocenters. The van der Waals surface area contributed by atoms with Gasteiger partial charge in [0, 0.05) is 50.4 Å². The molecule has 8 heteroatoms. The van der Waals surface area contributed by atoms with Crippen LogP contribution in [0.25, 0.3) is 0 Å². The first kappa shape index (κ1) is 21.0. The normalized spacial score (nSPS) is 24.4. The summed E-state index contributed by atoms with van der Waals surface area (Å²) >= 11 is 0. The third-order valence-corrected chi connectivity index (χ3v) is 6.81. The van der Waals surface area contributed by atoms with Crippen LogP contribution in [0.1, 0.15) is 37.3 Å². The number of carbonyl (C=O) groups excluding carboxylic acids is 3. The minimum atomic E-state index is -0.543. The summed E-state index contributed by atoms with van der Waals surface area (Å²) in [5.74, 6) is 0.0937. The van der Waals surface area contributed by atoms with Crippen molar-refractivity contribution in [3.05, 3.63) is 47.2 Å². The van der Waals surface area contributed by atoms with Gasteiger partial charge in [-0.1, -0.05) is 30.3 Å². The number of hydrogen-bond donors (Lipinski definition) is 1. The van der Waals surface area contributed by atoms with Crippen LogP contribution in [0.3, 0.4) is 0 Å². The third kappa shape index (κ3) is 4.11. The van der Waals surface area contributed by atoms with Gasteiger partial charge >= 0.3 is 12.0 Å². The van der Waals surface area contributed by atoms with Crippen molar-refractivity contribution in [1.82, 2.24) is 20.0 Å². The fraction of sp³-hybridized carbons (Fsp3) is 0.542. The summed E-state index contributed by atoms with van der Waals surface area (Å²) < 4.78 is 5.18. The van der Waals surface area contributed by atoms with Crippen molar-refractivity contribution in [3.8, 4) is 0 Å². The first-order chi connectivity index (χ1) is 15.6. The number of nitrogens with zero attached hydrogens (tertiary/aromatic N) is 3. The molecule has 8 nitrogen and oxygen atoms in total. The smallest absolute Gasteiger partial charge is 0.338 e. The summed E-state index contributed by atoms with van der Waals surface area (Å²) in [6, 6.07) is 8.97. The van der Waals surface area contributed by atoms with E-state index in [2.05, 4.69) is 10.2 Å². The van der Waals surface area contributed by atoms with Crippen molar-refractivity contribution < 1.29 is 19.1 Å². The predicted molar refractivity (Wildman–Crippen MR) is 117 cm³/mol. The zero-order valence-corrected chi connectivity index (χ0v) is 18.5. The highest BCUT2D eigenvalue weighted by molar-refractivity contribution is 5.95. The third-order valence-electron chi connectivity index (χ3n) is 6.81. The molecule has 0 radical (unpaired) electrons. The van der Waals surface area contributed by atoms with Crippen molar-refractivity contribution in [2.45, 2.75) is 37.8 Å². The molecule has 32 heavy (non-hydrogen) atoms. The van der Waals surface area contributed by atoms with Crippen LogP contribution >= 0.6 is 0 Å². The molecule has 3 amide bonds. The second-order valence-electron chi connectivity index (χ2n) is 9.12. The molecular weight excluding hydrogens is 408 g/mol. The SMILES string of the molecule is COC(=O)C1=C(CN2CCN(C(=O)C3CC3)CC2)N(C2CC2)C(=O)NC1c1ccccc1. The zero-order chi connectivity index (χ0) is 22.2. The molecule has 5 rings (SSSR count). The Morgan fingerprint density at radius 2 is 1.72 bits per heavy atom. The molecule has 2 heterocycles. The van der Waals surface area contributed by atoms with E-state index in [0.29, 0.717) is 25.2 Å². The Morgan fingerprint density at radius 1 is 1.03 bits per heavy atom. The van der Waals surface area contributed by atoms with E-state index in [1.54, 1.807) is 4.90 Å². The number of rotatable bonds is 6. The van der Waals surface area contributed by atoms with Crippen LogP contribution in [-0.4, -0.2) is 78.5 Å². The Kier molecular flexibility index (Phi) is 5.63. The van der Waals surface area contributed by atoms with Gasteiger partial charge in [-0.3, -0.25) is 14.6 Å². The van der Waals surface area contributed by atoms with Gasteiger partial charge in [0.05, 0.1) is 18.7 Å². The molecule has 0 bridgehead atoms. The van der Waals surface area contributed by atoms with E-state index in [9.17, 15) is 14.4 Å².